The molecule has 6 unspecified atom stereocenters. The molecule has 35 heavy (non-hydrogen) atoms. The maximum Gasteiger partial charge on any atom is 0.223 e. The molecule has 2 N–H and O–H groups in total. The van der Waals surface area contributed by atoms with Crippen LogP contribution in [-0.4, -0.2) is 68.3 Å². The second kappa shape index (κ2) is 10.6. The van der Waals surface area contributed by atoms with Crippen molar-refractivity contribution in [1.29, 1.82) is 0 Å². The standard InChI is InChI=1S/C25H29NO9/c1-13(27)16-7-5-6-8-17(16)33-25-21(26-14(2)28)22(29)23-20(34-25)12-32-24(35-23)15-9-10-18(30-3)19(11-15)31-4/h5-11,20-25,29H,12H2,1-4H3,(H,26,28). The summed E-state index contributed by atoms with van der Waals surface area (Å²) in [5, 5.41) is 13.9. The summed E-state index contributed by atoms with van der Waals surface area (Å²) in [7, 11) is 3.07. The van der Waals surface area contributed by atoms with Crippen LogP contribution in [0.4, 0.5) is 0 Å². The normalized spacial score (nSPS) is 27.9. The predicted molar refractivity (Wildman–Crippen MR) is 122 cm³/mol. The van der Waals surface area contributed by atoms with E-state index in [1.807, 2.05) is 0 Å². The molecule has 2 aromatic carbocycles. The molecule has 2 aliphatic heterocycles. The minimum atomic E-state index is -1.18. The number of carbonyl (C=O) groups is 2. The van der Waals surface area contributed by atoms with Gasteiger partial charge in [0.15, 0.2) is 23.6 Å². The van der Waals surface area contributed by atoms with Crippen LogP contribution in [0.1, 0.15) is 36.1 Å². The lowest BCUT2D eigenvalue weighted by molar-refractivity contribution is -0.333. The number of fused-ring (bicyclic) bond motifs is 1. The third-order valence-electron chi connectivity index (χ3n) is 5.92. The van der Waals surface area contributed by atoms with Crippen molar-refractivity contribution >= 4 is 11.7 Å². The first-order chi connectivity index (χ1) is 16.8. The number of amides is 1. The van der Waals surface area contributed by atoms with Crippen LogP contribution < -0.4 is 19.5 Å². The molecule has 10 heteroatoms. The molecule has 2 saturated heterocycles. The number of aliphatic hydroxyl groups is 1. The van der Waals surface area contributed by atoms with E-state index in [9.17, 15) is 14.7 Å². The van der Waals surface area contributed by atoms with Crippen LogP contribution in [0.5, 0.6) is 17.2 Å². The molecule has 6 atom stereocenters. The van der Waals surface area contributed by atoms with E-state index in [1.54, 1.807) is 49.6 Å². The number of hydrogen-bond donors (Lipinski definition) is 2. The molecule has 0 bridgehead atoms. The zero-order chi connectivity index (χ0) is 25.1. The van der Waals surface area contributed by atoms with E-state index in [0.29, 0.717) is 22.6 Å². The van der Waals surface area contributed by atoms with Crippen LogP contribution in [0, 0.1) is 0 Å². The van der Waals surface area contributed by atoms with E-state index < -0.39 is 36.9 Å². The van der Waals surface area contributed by atoms with Gasteiger partial charge in [0.2, 0.25) is 12.2 Å². The van der Waals surface area contributed by atoms with Crippen molar-refractivity contribution in [2.24, 2.45) is 0 Å². The number of nitrogens with one attached hydrogen (secondary N) is 1. The molecule has 0 aromatic heterocycles. The molecule has 4 rings (SSSR count). The van der Waals surface area contributed by atoms with Crippen LogP contribution >= 0.6 is 0 Å². The number of methoxy groups -OCH3 is 2. The van der Waals surface area contributed by atoms with Crippen molar-refractivity contribution < 1.29 is 43.1 Å². The molecule has 1 amide bonds. The van der Waals surface area contributed by atoms with Gasteiger partial charge in [0.25, 0.3) is 0 Å². The first-order valence-electron chi connectivity index (χ1n) is 11.2. The molecule has 2 aromatic rings. The van der Waals surface area contributed by atoms with Gasteiger partial charge in [-0.05, 0) is 31.2 Å². The topological polar surface area (TPSA) is 122 Å². The Morgan fingerprint density at radius 2 is 1.74 bits per heavy atom. The molecule has 0 saturated carbocycles. The molecule has 188 valence electrons. The van der Waals surface area contributed by atoms with Crippen molar-refractivity contribution in [2.45, 2.75) is 50.8 Å². The van der Waals surface area contributed by atoms with Crippen molar-refractivity contribution in [3.05, 3.63) is 53.6 Å². The number of benzene rings is 2. The highest BCUT2D eigenvalue weighted by Crippen LogP contribution is 2.38. The minimum Gasteiger partial charge on any atom is -0.493 e. The van der Waals surface area contributed by atoms with Crippen molar-refractivity contribution in [1.82, 2.24) is 5.32 Å². The fourth-order valence-corrected chi connectivity index (χ4v) is 4.23. The zero-order valence-electron chi connectivity index (χ0n) is 19.9. The van der Waals surface area contributed by atoms with Gasteiger partial charge in [-0.3, -0.25) is 9.59 Å². The molecule has 2 heterocycles. The summed E-state index contributed by atoms with van der Waals surface area (Å²) in [6, 6.07) is 11.0. The van der Waals surface area contributed by atoms with E-state index in [4.69, 9.17) is 28.4 Å². The summed E-state index contributed by atoms with van der Waals surface area (Å²) in [4.78, 5) is 23.9. The van der Waals surface area contributed by atoms with Gasteiger partial charge in [0.05, 0.1) is 26.4 Å². The lowest BCUT2D eigenvalue weighted by Gasteiger charge is -2.47. The maximum atomic E-state index is 12.0. The number of aliphatic hydroxyl groups excluding tert-OH is 1. The van der Waals surface area contributed by atoms with Gasteiger partial charge in [-0.2, -0.15) is 0 Å². The fourth-order valence-electron chi connectivity index (χ4n) is 4.23. The van der Waals surface area contributed by atoms with E-state index >= 15 is 0 Å². The number of hydrogen-bond acceptors (Lipinski definition) is 9. The van der Waals surface area contributed by atoms with Crippen LogP contribution in [-0.2, 0) is 19.0 Å². The van der Waals surface area contributed by atoms with Gasteiger partial charge < -0.3 is 38.8 Å². The smallest absolute Gasteiger partial charge is 0.223 e. The van der Waals surface area contributed by atoms with Crippen LogP contribution in [0.3, 0.4) is 0 Å². The largest absolute Gasteiger partial charge is 0.493 e. The number of para-hydroxylation sites is 1. The average Bonchev–Trinajstić information content (AvgIpc) is 2.85. The Morgan fingerprint density at radius 1 is 1.00 bits per heavy atom. The molecule has 10 nitrogen and oxygen atoms in total. The molecule has 0 radical (unpaired) electrons. The monoisotopic (exact) mass is 487 g/mol. The van der Waals surface area contributed by atoms with Crippen molar-refractivity contribution in [2.75, 3.05) is 20.8 Å². The molecular formula is C25H29NO9. The highest BCUT2D eigenvalue weighted by Gasteiger charge is 2.51. The number of ketones is 1. The third-order valence-corrected chi connectivity index (χ3v) is 5.92. The third kappa shape index (κ3) is 5.25. The number of rotatable bonds is 7. The molecule has 0 aliphatic carbocycles. The zero-order valence-corrected chi connectivity index (χ0v) is 19.9. The summed E-state index contributed by atoms with van der Waals surface area (Å²) < 4.78 is 34.7. The first kappa shape index (κ1) is 24.9. The summed E-state index contributed by atoms with van der Waals surface area (Å²) in [6.07, 6.45) is -4.56. The predicted octanol–water partition coefficient (Wildman–Crippen LogP) is 1.99. The van der Waals surface area contributed by atoms with E-state index in [2.05, 4.69) is 5.32 Å². The highest BCUT2D eigenvalue weighted by molar-refractivity contribution is 5.96. The van der Waals surface area contributed by atoms with Gasteiger partial charge in [-0.25, -0.2) is 0 Å². The van der Waals surface area contributed by atoms with Gasteiger partial charge in [0.1, 0.15) is 30.1 Å². The Morgan fingerprint density at radius 3 is 2.43 bits per heavy atom. The van der Waals surface area contributed by atoms with E-state index in [-0.39, 0.29) is 24.0 Å². The number of ether oxygens (including phenoxy) is 6. The lowest BCUT2D eigenvalue weighted by atomic mass is 9.95. The molecule has 2 aliphatic rings. The first-order valence-corrected chi connectivity index (χ1v) is 11.2. The van der Waals surface area contributed by atoms with Crippen molar-refractivity contribution in [3.63, 3.8) is 0 Å². The number of carbonyl (C=O) groups excluding carboxylic acids is 2. The maximum absolute atomic E-state index is 12.0. The minimum absolute atomic E-state index is 0.0990. The van der Waals surface area contributed by atoms with Gasteiger partial charge >= 0.3 is 0 Å². The summed E-state index contributed by atoms with van der Waals surface area (Å²) >= 11 is 0. The Kier molecular flexibility index (Phi) is 7.56. The van der Waals surface area contributed by atoms with Crippen LogP contribution in [0.25, 0.3) is 0 Å². The Balaban J connectivity index is 1.56. The number of Topliss-reactive ketones (excluding diaryl/α,β-unsaturated/α-hetero) is 1. The SMILES string of the molecule is COc1ccc(C2OCC3OC(Oc4ccccc4C(C)=O)C(NC(C)=O)C(O)C3O2)cc1OC. The summed E-state index contributed by atoms with van der Waals surface area (Å²) in [5.74, 6) is 0.781. The average molecular weight is 488 g/mol. The van der Waals surface area contributed by atoms with Gasteiger partial charge in [-0.1, -0.05) is 18.2 Å². The Labute approximate surface area is 203 Å². The highest BCUT2D eigenvalue weighted by atomic mass is 16.7. The molecule has 2 fully saturated rings. The summed E-state index contributed by atoms with van der Waals surface area (Å²) in [5.41, 5.74) is 1.03. The Hall–Kier alpha value is -3.18. The quantitative estimate of drug-likeness (QED) is 0.565. The Bertz CT molecular complexity index is 1070. The van der Waals surface area contributed by atoms with Crippen molar-refractivity contribution in [3.8, 4) is 17.2 Å². The van der Waals surface area contributed by atoms with E-state index in [1.165, 1.54) is 21.0 Å². The fraction of sp³-hybridized carbons (Fsp3) is 0.440. The van der Waals surface area contributed by atoms with Gasteiger partial charge in [-0.15, -0.1) is 0 Å². The lowest BCUT2D eigenvalue weighted by Crippen LogP contribution is -2.67. The molecule has 0 spiro atoms. The van der Waals surface area contributed by atoms with Crippen LogP contribution in [0.2, 0.25) is 0 Å². The second-order valence-corrected chi connectivity index (χ2v) is 8.31. The molecular weight excluding hydrogens is 458 g/mol. The van der Waals surface area contributed by atoms with Crippen LogP contribution in [0.15, 0.2) is 42.5 Å². The van der Waals surface area contributed by atoms with E-state index in [0.717, 1.165) is 0 Å². The summed E-state index contributed by atoms with van der Waals surface area (Å²) in [6.45, 7) is 2.86. The van der Waals surface area contributed by atoms with Gasteiger partial charge in [0, 0.05) is 12.5 Å². The second-order valence-electron chi connectivity index (χ2n) is 8.31.